The Hall–Kier alpha value is -4.51. The van der Waals surface area contributed by atoms with E-state index in [-0.39, 0.29) is 82.7 Å². The third-order valence-corrected chi connectivity index (χ3v) is 26.8. The maximum atomic E-state index is 12.9. The number of allylic oxidation sites excluding steroid dienone is 2. The van der Waals surface area contributed by atoms with Gasteiger partial charge >= 0.3 is 64.5 Å². The number of nitrogens with zero attached hydrogens (tertiary/aromatic N) is 9. The minimum absolute atomic E-state index is 0. The van der Waals surface area contributed by atoms with Gasteiger partial charge in [0.15, 0.2) is 0 Å². The van der Waals surface area contributed by atoms with Gasteiger partial charge in [-0.3, -0.25) is 9.89 Å². The Morgan fingerprint density at radius 1 is 0.590 bits per heavy atom. The van der Waals surface area contributed by atoms with Gasteiger partial charge in [0.1, 0.15) is 11.2 Å². The number of halogens is 3. The first-order valence-corrected chi connectivity index (χ1v) is 40.5. The number of rotatable bonds is 8. The molecule has 3 radical (unpaired) electrons. The van der Waals surface area contributed by atoms with Gasteiger partial charge in [0.05, 0.1) is 62.6 Å². The summed E-state index contributed by atoms with van der Waals surface area (Å²) < 4.78 is 90.4. The minimum atomic E-state index is -5.84. The Bertz CT molecular complexity index is 4380. The van der Waals surface area contributed by atoms with Gasteiger partial charge in [-0.05, 0) is 242 Å². The van der Waals surface area contributed by atoms with Gasteiger partial charge < -0.3 is 39.1 Å². The second-order valence-corrected chi connectivity index (χ2v) is 39.8. The van der Waals surface area contributed by atoms with Crippen molar-refractivity contribution in [3.8, 4) is 0 Å². The number of hydrogen-bond acceptors (Lipinski definition) is 19. The van der Waals surface area contributed by atoms with Crippen molar-refractivity contribution in [2.75, 3.05) is 80.0 Å². The SMILES string of the molecule is CN1CC2(CC(c3nc4cc(B5OC(C)(C)C(C)(C)O5)ccc4s3)C2)C1.C[C@H]1CC=C(OS(=O)(=O)C(F)(F)F)N(C(=O)OC(C)(C)C)C1.C[C@H]1CC=C(c2ccc3sc(C4CC5(C4)CN(C)C5)nc3c2)N(C(=O)OC(C)(C)C)C1.C[C@H]1CCC(c2ccc3sc(C4CC5(C4)CN(C)C5)nc3c2)=NC1.[B].[H-].[Na+]. The first-order valence-electron chi connectivity index (χ1n) is 36.7. The molecule has 28 heteroatoms. The van der Waals surface area contributed by atoms with Crippen LogP contribution in [0.3, 0.4) is 0 Å². The molecule has 7 aliphatic heterocycles. The summed E-state index contributed by atoms with van der Waals surface area (Å²) in [6.45, 7) is 34.3. The van der Waals surface area contributed by atoms with Crippen LogP contribution in [0.1, 0.15) is 200 Å². The zero-order valence-corrected chi connectivity index (χ0v) is 69.6. The van der Waals surface area contributed by atoms with E-state index in [9.17, 15) is 31.2 Å². The summed E-state index contributed by atoms with van der Waals surface area (Å²) in [5, 5.41) is 3.95. The number of amides is 2. The molecule has 105 heavy (non-hydrogen) atoms. The van der Waals surface area contributed by atoms with E-state index in [2.05, 4.69) is 142 Å². The number of fused-ring (bicyclic) bond motifs is 3. The molecule has 10 heterocycles. The zero-order valence-electron chi connectivity index (χ0n) is 65.4. The van der Waals surface area contributed by atoms with Gasteiger partial charge in [-0.15, -0.1) is 34.0 Å². The number of carbonyl (C=O) groups is 2. The average Bonchev–Trinajstić information content (AvgIpc) is 1.28. The molecule has 0 N–H and O–H groups in total. The molecule has 7 fully saturated rings. The molecule has 2 amide bonds. The van der Waals surface area contributed by atoms with E-state index in [0.29, 0.717) is 46.5 Å². The first kappa shape index (κ1) is 81.5. The Balaban J connectivity index is 0.000000151. The summed E-state index contributed by atoms with van der Waals surface area (Å²) in [7, 11) is 0.496. The van der Waals surface area contributed by atoms with Gasteiger partial charge in [-0.25, -0.2) is 29.4 Å². The van der Waals surface area contributed by atoms with E-state index in [1.165, 1.54) is 130 Å². The molecule has 3 aromatic carbocycles. The first-order chi connectivity index (χ1) is 48.1. The number of alkyl halides is 3. The zero-order chi connectivity index (χ0) is 73.9. The van der Waals surface area contributed by atoms with Crippen molar-refractivity contribution in [3.05, 3.63) is 98.8 Å². The van der Waals surface area contributed by atoms with Crippen LogP contribution in [0.15, 0.2) is 77.6 Å². The molecule has 10 aliphatic rings. The van der Waals surface area contributed by atoms with Gasteiger partial charge in [-0.2, -0.15) is 21.6 Å². The summed E-state index contributed by atoms with van der Waals surface area (Å²) in [4.78, 5) is 54.5. The average molecular weight is 1530 g/mol. The van der Waals surface area contributed by atoms with Crippen LogP contribution in [0.5, 0.6) is 0 Å². The minimum Gasteiger partial charge on any atom is -1.00 e. The summed E-state index contributed by atoms with van der Waals surface area (Å²) in [6, 6.07) is 19.7. The number of benzene rings is 3. The Kier molecular flexibility index (Phi) is 23.5. The quantitative estimate of drug-likeness (QED) is 0.0796. The fourth-order valence-corrected chi connectivity index (χ4v) is 20.3. The molecule has 6 aromatic rings. The van der Waals surface area contributed by atoms with Crippen LogP contribution in [-0.4, -0.2) is 189 Å². The maximum Gasteiger partial charge on any atom is 1.00 e. The number of aromatic nitrogens is 3. The number of hydrogen-bond donors (Lipinski definition) is 0. The van der Waals surface area contributed by atoms with Crippen molar-refractivity contribution in [2.45, 2.75) is 200 Å². The third-order valence-electron chi connectivity index (χ3n) is 22.3. The van der Waals surface area contributed by atoms with Crippen molar-refractivity contribution >= 4 is 119 Å². The standard InChI is InChI=1S/C25H33N3O2S.C20H27BN2O2S.C20H25N3S.C12H18F3NO5S.B.Na.H/c1-16-6-8-20(28(13-16)23(29)30-24(2,3)4)17-7-9-21-19(10-17)26-22(31-21)18-11-25(12-18)14-27(5)15-25;1-18(2)19(3,4)25-21(24-18)14-6-7-16-15(8-14)22-17(26-16)13-9-20(10-13)11-23(5)12-20;1-13-3-5-16(21-10-13)14-4-6-18-17(7-14)22-19(24-18)15-8-20(9-15)11-23(2)12-20;1-8-5-6-9(21-22(18,19)12(13,14)15)16(7-8)10(17)20-11(2,3)4;;;/h7-10,16,18H,6,11-15H2,1-5H3;6-8,13H,9-12H2,1-5H3;4,6-7,13,15H,3,5,8-12H2,1-2H3;6,8H,5,7H2,1-4H3;;;/q;;;;;+1;-1/t16-;;13-;8-;;;/m0.00.../s1. The van der Waals surface area contributed by atoms with E-state index < -0.39 is 38.8 Å². The smallest absolute Gasteiger partial charge is 1.00 e. The van der Waals surface area contributed by atoms with Gasteiger partial charge in [0.2, 0.25) is 5.88 Å². The number of ether oxygens (including phenoxy) is 2. The molecule has 3 atom stereocenters. The molecule has 3 spiro atoms. The third kappa shape index (κ3) is 18.0. The van der Waals surface area contributed by atoms with E-state index in [4.69, 9.17) is 38.7 Å². The molecule has 3 aromatic heterocycles. The largest absolute Gasteiger partial charge is 1.00 e. The number of likely N-dealkylation sites (tertiary alicyclic amines) is 3. The number of thiazole rings is 3. The van der Waals surface area contributed by atoms with Crippen LogP contribution in [-0.2, 0) is 33.1 Å². The van der Waals surface area contributed by atoms with E-state index in [1.54, 1.807) is 32.6 Å². The predicted molar refractivity (Wildman–Crippen MR) is 413 cm³/mol. The molecule has 3 aliphatic carbocycles. The Morgan fingerprint density at radius 3 is 1.41 bits per heavy atom. The summed E-state index contributed by atoms with van der Waals surface area (Å²) >= 11 is 5.61. The monoisotopic (exact) mass is 1530 g/mol. The van der Waals surface area contributed by atoms with Crippen molar-refractivity contribution in [2.24, 2.45) is 39.0 Å². The van der Waals surface area contributed by atoms with E-state index in [1.807, 2.05) is 54.8 Å². The Labute approximate surface area is 656 Å². The fraction of sp³-hybridized carbons (Fsp3) is 0.636. The van der Waals surface area contributed by atoms with Gasteiger partial charge in [0, 0.05) is 96.3 Å². The topological polar surface area (TPSA) is 182 Å². The van der Waals surface area contributed by atoms with Crippen molar-refractivity contribution < 1.29 is 85.1 Å². The van der Waals surface area contributed by atoms with Crippen LogP contribution in [0.25, 0.3) is 36.3 Å². The molecule has 16 rings (SSSR count). The normalized spacial score (nSPS) is 25.3. The van der Waals surface area contributed by atoms with Crippen LogP contribution in [0, 0.1) is 34.0 Å². The van der Waals surface area contributed by atoms with Crippen LogP contribution in [0.2, 0.25) is 0 Å². The van der Waals surface area contributed by atoms with Gasteiger partial charge in [-0.1, -0.05) is 45.0 Å². The number of carbonyl (C=O) groups excluding carboxylic acids is 2. The molecular formula is C77H104B2F3N9NaO9S4. The second-order valence-electron chi connectivity index (χ2n) is 35.1. The maximum absolute atomic E-state index is 12.9. The molecule has 18 nitrogen and oxygen atoms in total. The van der Waals surface area contributed by atoms with Crippen LogP contribution < -0.4 is 35.0 Å². The summed E-state index contributed by atoms with van der Waals surface area (Å²) in [5.41, 5.74) is 3.18. The fourth-order valence-electron chi connectivity index (χ4n) is 16.7. The Morgan fingerprint density at radius 2 is 0.990 bits per heavy atom. The van der Waals surface area contributed by atoms with Crippen molar-refractivity contribution in [1.82, 2.24) is 39.5 Å². The second kappa shape index (κ2) is 30.3. The summed E-state index contributed by atoms with van der Waals surface area (Å²) in [5.74, 6) is 2.36. The molecule has 3 saturated carbocycles. The molecule has 4 saturated heterocycles. The predicted octanol–water partition coefficient (Wildman–Crippen LogP) is 13.2. The van der Waals surface area contributed by atoms with Crippen LogP contribution >= 0.6 is 34.0 Å². The molecule has 0 unspecified atom stereocenters. The van der Waals surface area contributed by atoms with E-state index in [0.717, 1.165) is 64.0 Å². The molecule has 563 valence electrons. The van der Waals surface area contributed by atoms with E-state index >= 15 is 0 Å². The van der Waals surface area contributed by atoms with Crippen molar-refractivity contribution in [1.29, 1.82) is 0 Å². The van der Waals surface area contributed by atoms with Gasteiger partial charge in [0.25, 0.3) is 0 Å². The number of aliphatic imine (C=N–C) groups is 1. The van der Waals surface area contributed by atoms with Crippen molar-refractivity contribution in [3.63, 3.8) is 0 Å². The molecular weight excluding hydrogens is 1420 g/mol. The van der Waals surface area contributed by atoms with Crippen LogP contribution in [0.4, 0.5) is 22.8 Å². The molecule has 0 bridgehead atoms. The summed E-state index contributed by atoms with van der Waals surface area (Å²) in [6.07, 6.45) is 13.5.